The third-order valence-corrected chi connectivity index (χ3v) is 4.98. The lowest BCUT2D eigenvalue weighted by atomic mass is 10.00. The molecule has 1 unspecified atom stereocenters. The molecule has 3 aromatic heterocycles. The number of thiophene rings is 1. The summed E-state index contributed by atoms with van der Waals surface area (Å²) in [6, 6.07) is 5.38. The van der Waals surface area contributed by atoms with Gasteiger partial charge in [-0.2, -0.15) is 9.36 Å². The van der Waals surface area contributed by atoms with Crippen molar-refractivity contribution in [3.05, 3.63) is 63.4 Å². The number of rotatable bonds is 6. The Morgan fingerprint density at radius 2 is 2.17 bits per heavy atom. The van der Waals surface area contributed by atoms with Crippen LogP contribution in [0.15, 0.2) is 56.4 Å². The molecule has 150 valence electrons. The summed E-state index contributed by atoms with van der Waals surface area (Å²) in [6.45, 7) is 1.64. The number of carbonyl (C=O) groups is 2. The van der Waals surface area contributed by atoms with Gasteiger partial charge in [0.05, 0.1) is 30.7 Å². The number of amides is 2. The first-order valence-corrected chi connectivity index (χ1v) is 9.54. The lowest BCUT2D eigenvalue weighted by molar-refractivity contribution is -0.139. The second-order valence-corrected chi connectivity index (χ2v) is 6.87. The van der Waals surface area contributed by atoms with Crippen LogP contribution in [0.4, 0.5) is 4.79 Å². The number of furan rings is 1. The van der Waals surface area contributed by atoms with Crippen molar-refractivity contribution in [3.63, 3.8) is 0 Å². The molecular weight excluding hydrogens is 400 g/mol. The molecule has 0 aliphatic carbocycles. The van der Waals surface area contributed by atoms with Gasteiger partial charge in [-0.3, -0.25) is 0 Å². The van der Waals surface area contributed by atoms with Gasteiger partial charge < -0.3 is 19.8 Å². The lowest BCUT2D eigenvalue weighted by Crippen LogP contribution is -2.47. The molecule has 0 saturated heterocycles. The largest absolute Gasteiger partial charge is 0.467 e. The van der Waals surface area contributed by atoms with E-state index in [-0.39, 0.29) is 24.4 Å². The zero-order chi connectivity index (χ0) is 20.4. The van der Waals surface area contributed by atoms with Crippen molar-refractivity contribution in [1.82, 2.24) is 30.4 Å². The van der Waals surface area contributed by atoms with Crippen molar-refractivity contribution in [1.29, 1.82) is 0 Å². The first-order chi connectivity index (χ1) is 14.1. The lowest BCUT2D eigenvalue weighted by Gasteiger charge is -2.27. The number of nitrogens with one attached hydrogen (secondary N) is 2. The first kappa shape index (κ1) is 18.7. The molecule has 0 radical (unpaired) electrons. The van der Waals surface area contributed by atoms with Gasteiger partial charge in [0, 0.05) is 0 Å². The van der Waals surface area contributed by atoms with Gasteiger partial charge in [-0.1, -0.05) is 0 Å². The maximum atomic E-state index is 12.7. The zero-order valence-corrected chi connectivity index (χ0v) is 16.0. The highest BCUT2D eigenvalue weighted by Gasteiger charge is 2.35. The Morgan fingerprint density at radius 3 is 2.86 bits per heavy atom. The number of hydrogen-bond acceptors (Lipinski definition) is 8. The summed E-state index contributed by atoms with van der Waals surface area (Å²) in [7, 11) is 0. The Bertz CT molecular complexity index is 1110. The minimum atomic E-state index is -0.865. The summed E-state index contributed by atoms with van der Waals surface area (Å²) in [5.41, 5.74) is -0.210. The van der Waals surface area contributed by atoms with E-state index in [1.54, 1.807) is 31.2 Å². The van der Waals surface area contributed by atoms with Gasteiger partial charge in [0.2, 0.25) is 0 Å². The van der Waals surface area contributed by atoms with Crippen molar-refractivity contribution in [2.75, 3.05) is 6.61 Å². The van der Waals surface area contributed by atoms with E-state index in [2.05, 4.69) is 21.1 Å². The zero-order valence-electron chi connectivity index (χ0n) is 15.2. The normalized spacial score (nSPS) is 16.4. The number of nitrogens with zero attached hydrogens (tertiary/aromatic N) is 4. The molecule has 0 fully saturated rings. The summed E-state index contributed by atoms with van der Waals surface area (Å²) in [5, 5.41) is 15.3. The molecule has 1 aliphatic rings. The van der Waals surface area contributed by atoms with E-state index in [1.807, 2.05) is 5.38 Å². The van der Waals surface area contributed by atoms with Gasteiger partial charge in [-0.15, -0.1) is 11.3 Å². The molecule has 0 bridgehead atoms. The van der Waals surface area contributed by atoms with Crippen LogP contribution in [0.3, 0.4) is 0 Å². The van der Waals surface area contributed by atoms with E-state index in [0.29, 0.717) is 10.8 Å². The minimum absolute atomic E-state index is 0.124. The van der Waals surface area contributed by atoms with Crippen molar-refractivity contribution in [3.8, 4) is 5.00 Å². The number of aromatic nitrogens is 4. The number of urea groups is 1. The van der Waals surface area contributed by atoms with Gasteiger partial charge in [0.25, 0.3) is 0 Å². The first-order valence-electron chi connectivity index (χ1n) is 8.66. The maximum Gasteiger partial charge on any atom is 0.369 e. The molecule has 2 amide bonds. The number of allylic oxidation sites excluding steroid dienone is 1. The van der Waals surface area contributed by atoms with E-state index < -0.39 is 23.7 Å². The molecule has 2 N–H and O–H groups in total. The monoisotopic (exact) mass is 416 g/mol. The molecule has 4 rings (SSSR count). The Morgan fingerprint density at radius 1 is 1.31 bits per heavy atom. The van der Waals surface area contributed by atoms with E-state index >= 15 is 0 Å². The summed E-state index contributed by atoms with van der Waals surface area (Å²) in [6.07, 6.45) is 1.43. The molecule has 0 saturated carbocycles. The second-order valence-electron chi connectivity index (χ2n) is 5.94. The van der Waals surface area contributed by atoms with Crippen LogP contribution < -0.4 is 16.3 Å². The number of hydrogen-bond donors (Lipinski definition) is 2. The third kappa shape index (κ3) is 3.57. The smallest absolute Gasteiger partial charge is 0.369 e. The molecular formula is C17H16N6O5S. The second kappa shape index (κ2) is 7.75. The van der Waals surface area contributed by atoms with Crippen molar-refractivity contribution < 1.29 is 18.7 Å². The molecule has 11 nitrogen and oxygen atoms in total. The summed E-state index contributed by atoms with van der Waals surface area (Å²) < 4.78 is 12.7. The fraction of sp³-hybridized carbons (Fsp3) is 0.235. The number of ether oxygens (including phenoxy) is 1. The average molecular weight is 416 g/mol. The van der Waals surface area contributed by atoms with Gasteiger partial charge in [0.1, 0.15) is 16.8 Å². The average Bonchev–Trinajstić information content (AvgIpc) is 3.44. The van der Waals surface area contributed by atoms with E-state index in [9.17, 15) is 14.4 Å². The summed E-state index contributed by atoms with van der Waals surface area (Å²) in [5.74, 6) is -0.287. The minimum Gasteiger partial charge on any atom is -0.467 e. The molecule has 12 heteroatoms. The molecule has 0 aromatic carbocycles. The summed E-state index contributed by atoms with van der Waals surface area (Å²) >= 11 is 1.33. The standard InChI is InChI=1S/C17H16N6O5S/c1-2-27-15(24)13-10(18-16(25)19-14(13)11-5-3-7-28-11)9-22-17(26)23(21-20-22)12-6-4-8-29-12/h3-8,14H,2,9H2,1H3,(H2,18,19,25). The predicted octanol–water partition coefficient (Wildman–Crippen LogP) is 0.955. The Balaban J connectivity index is 1.76. The van der Waals surface area contributed by atoms with Crippen LogP contribution in [0.2, 0.25) is 0 Å². The summed E-state index contributed by atoms with van der Waals surface area (Å²) in [4.78, 5) is 37.5. The van der Waals surface area contributed by atoms with Crippen molar-refractivity contribution >= 4 is 23.3 Å². The van der Waals surface area contributed by atoms with E-state index in [0.717, 1.165) is 9.36 Å². The van der Waals surface area contributed by atoms with Crippen LogP contribution in [-0.2, 0) is 16.1 Å². The van der Waals surface area contributed by atoms with Crippen LogP contribution in [0.1, 0.15) is 18.7 Å². The molecule has 29 heavy (non-hydrogen) atoms. The van der Waals surface area contributed by atoms with Gasteiger partial charge >= 0.3 is 17.7 Å². The quantitative estimate of drug-likeness (QED) is 0.572. The number of esters is 1. The number of carbonyl (C=O) groups excluding carboxylic acids is 2. The van der Waals surface area contributed by atoms with E-state index in [4.69, 9.17) is 9.15 Å². The highest BCUT2D eigenvalue weighted by molar-refractivity contribution is 7.12. The van der Waals surface area contributed by atoms with Crippen molar-refractivity contribution in [2.45, 2.75) is 19.5 Å². The highest BCUT2D eigenvalue weighted by atomic mass is 32.1. The van der Waals surface area contributed by atoms with Crippen LogP contribution in [0.5, 0.6) is 0 Å². The Hall–Kier alpha value is -3.67. The third-order valence-electron chi connectivity index (χ3n) is 4.14. The molecule has 3 aromatic rings. The Labute approximate surface area is 167 Å². The molecule has 0 spiro atoms. The van der Waals surface area contributed by atoms with E-state index in [1.165, 1.54) is 17.6 Å². The van der Waals surface area contributed by atoms with Crippen LogP contribution in [-0.4, -0.2) is 38.4 Å². The Kier molecular flexibility index (Phi) is 4.99. The highest BCUT2D eigenvalue weighted by Crippen LogP contribution is 2.28. The van der Waals surface area contributed by atoms with Gasteiger partial charge in [0.15, 0.2) is 0 Å². The van der Waals surface area contributed by atoms with Crippen molar-refractivity contribution in [2.24, 2.45) is 0 Å². The SMILES string of the molecule is CCOC(=O)C1=C(Cn2nnn(-c3cccs3)c2=O)NC(=O)NC1c1ccco1. The maximum absolute atomic E-state index is 12.7. The fourth-order valence-corrected chi connectivity index (χ4v) is 3.58. The van der Waals surface area contributed by atoms with Crippen LogP contribution >= 0.6 is 11.3 Å². The van der Waals surface area contributed by atoms with Gasteiger partial charge in [-0.25, -0.2) is 14.4 Å². The fourth-order valence-electron chi connectivity index (χ4n) is 2.91. The van der Waals surface area contributed by atoms with Gasteiger partial charge in [-0.05, 0) is 47.0 Å². The topological polar surface area (TPSA) is 133 Å². The number of tetrazole rings is 1. The van der Waals surface area contributed by atoms with Crippen LogP contribution in [0.25, 0.3) is 5.00 Å². The molecule has 1 atom stereocenters. The van der Waals surface area contributed by atoms with Crippen LogP contribution in [0, 0.1) is 0 Å². The molecule has 1 aliphatic heterocycles. The molecule has 4 heterocycles. The predicted molar refractivity (Wildman–Crippen MR) is 100 cm³/mol.